The van der Waals surface area contributed by atoms with Crippen molar-refractivity contribution in [3.05, 3.63) is 203 Å². The molecule has 1 N–H and O–H groups in total. The summed E-state index contributed by atoms with van der Waals surface area (Å²) in [4.78, 5) is 3.15. The molecule has 0 amide bonds. The number of nitrogens with zero attached hydrogens (tertiary/aromatic N) is 3. The molecule has 0 bridgehead atoms. The Hall–Kier alpha value is -5.06. The Kier molecular flexibility index (Phi) is 14.2. The predicted molar refractivity (Wildman–Crippen MR) is 260 cm³/mol. The fourth-order valence-corrected chi connectivity index (χ4v) is 19.5. The molecule has 62 heavy (non-hydrogen) atoms. The van der Waals surface area contributed by atoms with Gasteiger partial charge < -0.3 is 14.0 Å². The number of azide groups is 1. The lowest BCUT2D eigenvalue weighted by Gasteiger charge is -2.43. The first-order valence-electron chi connectivity index (χ1n) is 22.3. The second-order valence-corrected chi connectivity index (χ2v) is 27.6. The fourth-order valence-electron chi connectivity index (χ4n) is 10.3. The normalized spacial score (nSPS) is 18.5. The smallest absolute Gasteiger partial charge is 0.261 e. The molecule has 2 aliphatic rings. The summed E-state index contributed by atoms with van der Waals surface area (Å²) in [5.41, 5.74) is 14.0. The van der Waals surface area contributed by atoms with Gasteiger partial charge in [-0.25, -0.2) is 0 Å². The molecule has 6 nitrogen and oxygen atoms in total. The second kappa shape index (κ2) is 19.6. The average Bonchev–Trinajstić information content (AvgIpc) is 3.80. The van der Waals surface area contributed by atoms with Crippen molar-refractivity contribution < 1.29 is 14.0 Å². The Bertz CT molecular complexity index is 2320. The number of rotatable bonds is 13. The molecule has 0 heterocycles. The van der Waals surface area contributed by atoms with Gasteiger partial charge in [-0.1, -0.05) is 217 Å². The summed E-state index contributed by atoms with van der Waals surface area (Å²) in [5, 5.41) is 20.1. The molecular weight excluding hydrogens is 795 g/mol. The van der Waals surface area contributed by atoms with Crippen LogP contribution in [-0.2, 0) is 21.7 Å². The van der Waals surface area contributed by atoms with Gasteiger partial charge in [-0.3, -0.25) is 0 Å². The van der Waals surface area contributed by atoms with Crippen molar-refractivity contribution in [2.75, 3.05) is 13.2 Å². The van der Waals surface area contributed by atoms with Crippen LogP contribution in [0, 0.1) is 11.8 Å². The summed E-state index contributed by atoms with van der Waals surface area (Å²) in [6.45, 7) is 15.1. The van der Waals surface area contributed by atoms with E-state index in [2.05, 4.69) is 209 Å². The second-order valence-electron chi connectivity index (χ2n) is 19.0. The Morgan fingerprint density at radius 2 is 0.855 bits per heavy atom. The molecule has 0 unspecified atom stereocenters. The minimum absolute atomic E-state index is 0.0209. The van der Waals surface area contributed by atoms with E-state index in [9.17, 15) is 5.11 Å². The van der Waals surface area contributed by atoms with Gasteiger partial charge in [0.25, 0.3) is 16.6 Å². The van der Waals surface area contributed by atoms with Gasteiger partial charge in [0.1, 0.15) is 0 Å². The average molecular weight is 858 g/mol. The van der Waals surface area contributed by atoms with Gasteiger partial charge in [0, 0.05) is 18.1 Å². The number of benzene rings is 6. The van der Waals surface area contributed by atoms with Crippen LogP contribution in [-0.4, -0.2) is 35.0 Å². The molecule has 320 valence electrons. The highest BCUT2D eigenvalue weighted by Crippen LogP contribution is 2.43. The molecule has 0 radical (unpaired) electrons. The van der Waals surface area contributed by atoms with Gasteiger partial charge in [0.2, 0.25) is 0 Å². The van der Waals surface area contributed by atoms with E-state index < -0.39 is 16.6 Å². The quantitative estimate of drug-likeness (QED) is 0.0543. The third kappa shape index (κ3) is 9.18. The molecule has 0 spiro atoms. The van der Waals surface area contributed by atoms with Crippen LogP contribution >= 0.6 is 0 Å². The van der Waals surface area contributed by atoms with Crippen molar-refractivity contribution in [3.63, 3.8) is 0 Å². The van der Waals surface area contributed by atoms with E-state index in [0.29, 0.717) is 13.2 Å². The number of fused-ring (bicyclic) bond motifs is 2. The van der Waals surface area contributed by atoms with Gasteiger partial charge in [0.15, 0.2) is 0 Å². The van der Waals surface area contributed by atoms with E-state index in [-0.39, 0.29) is 34.1 Å². The molecular formula is C54H63N3O3Si2. The van der Waals surface area contributed by atoms with E-state index in [4.69, 9.17) is 14.4 Å². The van der Waals surface area contributed by atoms with Gasteiger partial charge in [-0.15, -0.1) is 0 Å². The maximum Gasteiger partial charge on any atom is 0.261 e. The highest BCUT2D eigenvalue weighted by molar-refractivity contribution is 7.00. The number of aliphatic hydroxyl groups excluding tert-OH is 1. The molecule has 8 rings (SSSR count). The van der Waals surface area contributed by atoms with E-state index in [1.54, 1.807) is 0 Å². The van der Waals surface area contributed by atoms with Crippen LogP contribution < -0.4 is 20.7 Å². The van der Waals surface area contributed by atoms with Crippen molar-refractivity contribution in [1.82, 2.24) is 0 Å². The highest BCUT2D eigenvalue weighted by Gasteiger charge is 2.51. The van der Waals surface area contributed by atoms with Crippen molar-refractivity contribution in [1.29, 1.82) is 0 Å². The Labute approximate surface area is 371 Å². The lowest BCUT2D eigenvalue weighted by Crippen LogP contribution is -2.66. The summed E-state index contributed by atoms with van der Waals surface area (Å²) in [6, 6.07) is 59.5. The van der Waals surface area contributed by atoms with Crippen molar-refractivity contribution in [2.45, 2.75) is 89.4 Å². The number of aliphatic hydroxyl groups is 1. The molecule has 8 heteroatoms. The fraction of sp³-hybridized carbons (Fsp3) is 0.333. The molecule has 0 saturated carbocycles. The first-order chi connectivity index (χ1) is 29.9. The van der Waals surface area contributed by atoms with Gasteiger partial charge in [-0.05, 0) is 96.1 Å². The predicted octanol–water partition coefficient (Wildman–Crippen LogP) is 11.0. The molecule has 4 atom stereocenters. The van der Waals surface area contributed by atoms with Gasteiger partial charge in [0.05, 0.1) is 12.1 Å². The summed E-state index contributed by atoms with van der Waals surface area (Å²) in [5.74, 6) is 0.488. The van der Waals surface area contributed by atoms with Crippen molar-refractivity contribution in [3.8, 4) is 0 Å². The Balaban J connectivity index is 0.000000187. The van der Waals surface area contributed by atoms with E-state index >= 15 is 0 Å². The summed E-state index contributed by atoms with van der Waals surface area (Å²) in [6.07, 6.45) is 3.21. The third-order valence-electron chi connectivity index (χ3n) is 13.2. The SMILES string of the molecule is CC(C)(C)[Si](OCC[C@H]1Cc2ccccc2[C@@H]1N=[N+]=[N-])(c1ccccc1)c1ccccc1.CC(C)(C)[Si](OCC[C@H]1Cc2ccccc2[C@H]1O)(c1ccccc1)c1ccccc1. The van der Waals surface area contributed by atoms with Crippen LogP contribution in [0.5, 0.6) is 0 Å². The topological polar surface area (TPSA) is 87.5 Å². The van der Waals surface area contributed by atoms with Crippen LogP contribution in [0.2, 0.25) is 10.1 Å². The zero-order valence-corrected chi connectivity index (χ0v) is 39.3. The molecule has 6 aromatic carbocycles. The zero-order valence-electron chi connectivity index (χ0n) is 37.3. The van der Waals surface area contributed by atoms with Gasteiger partial charge >= 0.3 is 0 Å². The standard InChI is InChI=1S/C27H31N3OSi.C27H32O2Si/c1-27(2,3)32(23-13-6-4-7-14-23,24-15-8-5-9-16-24)31-19-18-22-20-21-12-10-11-17-25(21)26(22)29-30-28;1-27(2,3)30(23-13-6-4-7-14-23,24-15-8-5-9-16-24)29-19-18-22-20-21-12-10-11-17-25(21)26(22)28/h4-17,22,26H,18-20H2,1-3H3;4-17,22,26,28H,18-20H2,1-3H3/t22-,26+;22-,26-/m00/s1. The molecule has 6 aromatic rings. The first-order valence-corrected chi connectivity index (χ1v) is 26.1. The maximum absolute atomic E-state index is 10.8. The van der Waals surface area contributed by atoms with Crippen LogP contribution in [0.15, 0.2) is 175 Å². The van der Waals surface area contributed by atoms with Crippen molar-refractivity contribution in [2.24, 2.45) is 17.0 Å². The first kappa shape index (κ1) is 45.0. The van der Waals surface area contributed by atoms with E-state index in [1.165, 1.54) is 37.4 Å². The minimum Gasteiger partial charge on any atom is -0.407 e. The van der Waals surface area contributed by atoms with Crippen molar-refractivity contribution >= 4 is 37.4 Å². The Morgan fingerprint density at radius 3 is 1.24 bits per heavy atom. The number of hydrogen-bond acceptors (Lipinski definition) is 4. The van der Waals surface area contributed by atoms with Crippen LogP contribution in [0.4, 0.5) is 0 Å². The molecule has 0 aromatic heterocycles. The monoisotopic (exact) mass is 857 g/mol. The zero-order chi connectivity index (χ0) is 43.8. The van der Waals surface area contributed by atoms with E-state index in [0.717, 1.165) is 31.2 Å². The lowest BCUT2D eigenvalue weighted by atomic mass is 9.98. The maximum atomic E-state index is 10.8. The summed E-state index contributed by atoms with van der Waals surface area (Å²) >= 11 is 0. The van der Waals surface area contributed by atoms with E-state index in [1.807, 2.05) is 12.1 Å². The minimum atomic E-state index is -2.55. The van der Waals surface area contributed by atoms with Crippen LogP contribution in [0.25, 0.3) is 10.4 Å². The number of hydrogen-bond donors (Lipinski definition) is 1. The van der Waals surface area contributed by atoms with Crippen LogP contribution in [0.1, 0.15) is 88.8 Å². The molecule has 0 saturated heterocycles. The lowest BCUT2D eigenvalue weighted by molar-refractivity contribution is 0.105. The highest BCUT2D eigenvalue weighted by atomic mass is 28.4. The third-order valence-corrected chi connectivity index (χ3v) is 23.3. The summed E-state index contributed by atoms with van der Waals surface area (Å²) in [7, 11) is -5.05. The molecule has 0 fully saturated rings. The summed E-state index contributed by atoms with van der Waals surface area (Å²) < 4.78 is 14.1. The molecule has 2 aliphatic carbocycles. The largest absolute Gasteiger partial charge is 0.407 e. The molecule has 0 aliphatic heterocycles. The van der Waals surface area contributed by atoms with Crippen LogP contribution in [0.3, 0.4) is 0 Å². The Morgan fingerprint density at radius 1 is 0.516 bits per heavy atom. The van der Waals surface area contributed by atoms with Gasteiger partial charge in [-0.2, -0.15) is 0 Å².